The molecule has 2 heterocycles. The van der Waals surface area contributed by atoms with Crippen molar-refractivity contribution in [1.82, 2.24) is 9.88 Å². The van der Waals surface area contributed by atoms with Crippen LogP contribution in [0.5, 0.6) is 0 Å². The van der Waals surface area contributed by atoms with Gasteiger partial charge < -0.3 is 0 Å². The Hall–Kier alpha value is -3.06. The monoisotopic (exact) mass is 393 g/mol. The van der Waals surface area contributed by atoms with Crippen molar-refractivity contribution in [3.05, 3.63) is 59.2 Å². The minimum atomic E-state index is -0.285. The summed E-state index contributed by atoms with van der Waals surface area (Å²) >= 11 is 1.46. The van der Waals surface area contributed by atoms with E-state index in [0.29, 0.717) is 22.7 Å². The van der Waals surface area contributed by atoms with Crippen LogP contribution in [0, 0.1) is 6.92 Å². The summed E-state index contributed by atoms with van der Waals surface area (Å²) in [5, 5.41) is 0.641. The lowest BCUT2D eigenvalue weighted by Gasteiger charge is -2.16. The van der Waals surface area contributed by atoms with E-state index in [-0.39, 0.29) is 30.7 Å². The van der Waals surface area contributed by atoms with Crippen molar-refractivity contribution in [1.29, 1.82) is 0 Å². The third-order valence-electron chi connectivity index (χ3n) is 4.84. The molecule has 0 radical (unpaired) electrons. The van der Waals surface area contributed by atoms with Gasteiger partial charge in [0.25, 0.3) is 11.8 Å². The lowest BCUT2D eigenvalue weighted by atomic mass is 10.1. The summed E-state index contributed by atoms with van der Waals surface area (Å²) in [5.41, 5.74) is 2.69. The first-order valence-electron chi connectivity index (χ1n) is 9.04. The molecule has 0 N–H and O–H groups in total. The summed E-state index contributed by atoms with van der Waals surface area (Å²) in [5.74, 6) is -0.658. The normalized spacial score (nSPS) is 13.3. The van der Waals surface area contributed by atoms with Crippen molar-refractivity contribution in [2.45, 2.75) is 19.8 Å². The minimum absolute atomic E-state index is 0.0912. The third-order valence-corrected chi connectivity index (χ3v) is 5.96. The lowest BCUT2D eigenvalue weighted by Crippen LogP contribution is -2.32. The van der Waals surface area contributed by atoms with Crippen LogP contribution in [0.25, 0.3) is 10.2 Å². The van der Waals surface area contributed by atoms with Crippen molar-refractivity contribution in [2.75, 3.05) is 18.5 Å². The predicted octanol–water partition coefficient (Wildman–Crippen LogP) is 3.64. The standard InChI is InChI=1S/C21H19N3O3S/c1-13-9-10-14-15(12-13)20(27)24(19(14)26)11-5-8-18(25)23(2)21-22-16-6-3-4-7-17(16)28-21/h3-4,6-7,9-10,12H,5,8,11H2,1-2H3. The molecule has 0 atom stereocenters. The van der Waals surface area contributed by atoms with Crippen LogP contribution in [0.4, 0.5) is 5.13 Å². The van der Waals surface area contributed by atoms with Crippen molar-refractivity contribution in [3.63, 3.8) is 0 Å². The number of rotatable bonds is 5. The van der Waals surface area contributed by atoms with E-state index in [1.807, 2.05) is 37.3 Å². The zero-order valence-electron chi connectivity index (χ0n) is 15.6. The molecule has 2 aromatic carbocycles. The van der Waals surface area contributed by atoms with Gasteiger partial charge in [0.1, 0.15) is 0 Å². The summed E-state index contributed by atoms with van der Waals surface area (Å²) in [7, 11) is 1.70. The van der Waals surface area contributed by atoms with Crippen LogP contribution in [0.2, 0.25) is 0 Å². The Bertz CT molecular complexity index is 1070. The van der Waals surface area contributed by atoms with E-state index >= 15 is 0 Å². The Morgan fingerprint density at radius 2 is 1.86 bits per heavy atom. The number of aryl methyl sites for hydroxylation is 1. The van der Waals surface area contributed by atoms with E-state index in [2.05, 4.69) is 4.98 Å². The number of thiazole rings is 1. The second kappa shape index (κ2) is 7.16. The molecule has 0 saturated carbocycles. The largest absolute Gasteiger partial charge is 0.291 e. The highest BCUT2D eigenvalue weighted by molar-refractivity contribution is 7.22. The number of carbonyl (C=O) groups is 3. The Labute approximate surface area is 166 Å². The molecule has 1 aromatic heterocycles. The molecule has 1 aliphatic heterocycles. The number of aromatic nitrogens is 1. The maximum atomic E-state index is 12.5. The Kier molecular flexibility index (Phi) is 4.68. The second-order valence-corrected chi connectivity index (χ2v) is 7.84. The van der Waals surface area contributed by atoms with Gasteiger partial charge in [0.05, 0.1) is 21.3 Å². The molecule has 7 heteroatoms. The molecule has 142 valence electrons. The summed E-state index contributed by atoms with van der Waals surface area (Å²) < 4.78 is 1.03. The summed E-state index contributed by atoms with van der Waals surface area (Å²) in [6, 6.07) is 13.0. The number of carbonyl (C=O) groups excluding carboxylic acids is 3. The number of fused-ring (bicyclic) bond motifs is 2. The van der Waals surface area contributed by atoms with Gasteiger partial charge in [0.15, 0.2) is 5.13 Å². The van der Waals surface area contributed by atoms with Gasteiger partial charge in [-0.3, -0.25) is 24.2 Å². The fourth-order valence-electron chi connectivity index (χ4n) is 3.27. The topological polar surface area (TPSA) is 70.6 Å². The van der Waals surface area contributed by atoms with E-state index in [1.165, 1.54) is 21.1 Å². The van der Waals surface area contributed by atoms with Gasteiger partial charge in [0, 0.05) is 20.0 Å². The van der Waals surface area contributed by atoms with Gasteiger partial charge in [-0.05, 0) is 37.6 Å². The van der Waals surface area contributed by atoms with Gasteiger partial charge in [0.2, 0.25) is 5.91 Å². The van der Waals surface area contributed by atoms with Crippen molar-refractivity contribution in [3.8, 4) is 0 Å². The van der Waals surface area contributed by atoms with Gasteiger partial charge in [-0.2, -0.15) is 0 Å². The predicted molar refractivity (Wildman–Crippen MR) is 109 cm³/mol. The summed E-state index contributed by atoms with van der Waals surface area (Å²) in [4.78, 5) is 44.7. The first-order valence-corrected chi connectivity index (χ1v) is 9.86. The van der Waals surface area contributed by atoms with Crippen LogP contribution in [0.3, 0.4) is 0 Å². The average Bonchev–Trinajstić information content (AvgIpc) is 3.22. The van der Waals surface area contributed by atoms with Crippen molar-refractivity contribution in [2.24, 2.45) is 0 Å². The number of benzene rings is 2. The Morgan fingerprint density at radius 3 is 2.64 bits per heavy atom. The highest BCUT2D eigenvalue weighted by atomic mass is 32.1. The molecule has 0 fully saturated rings. The van der Waals surface area contributed by atoms with Crippen LogP contribution < -0.4 is 4.90 Å². The zero-order valence-corrected chi connectivity index (χ0v) is 16.5. The third kappa shape index (κ3) is 3.18. The molecule has 0 bridgehead atoms. The summed E-state index contributed by atoms with van der Waals surface area (Å²) in [6.07, 6.45) is 0.650. The number of imide groups is 1. The van der Waals surface area contributed by atoms with E-state index in [1.54, 1.807) is 19.2 Å². The van der Waals surface area contributed by atoms with E-state index in [4.69, 9.17) is 0 Å². The highest BCUT2D eigenvalue weighted by Crippen LogP contribution is 2.28. The molecule has 4 rings (SSSR count). The van der Waals surface area contributed by atoms with Crippen LogP contribution >= 0.6 is 11.3 Å². The van der Waals surface area contributed by atoms with Crippen molar-refractivity contribution < 1.29 is 14.4 Å². The molecule has 0 unspecified atom stereocenters. The SMILES string of the molecule is Cc1ccc2c(c1)C(=O)N(CCCC(=O)N(C)c1nc3ccccc3s1)C2=O. The molecule has 0 aliphatic carbocycles. The van der Waals surface area contributed by atoms with Gasteiger partial charge >= 0.3 is 0 Å². The smallest absolute Gasteiger partial charge is 0.261 e. The molecule has 1 aliphatic rings. The zero-order chi connectivity index (χ0) is 19.8. The average molecular weight is 393 g/mol. The molecule has 6 nitrogen and oxygen atoms in total. The fraction of sp³-hybridized carbons (Fsp3) is 0.238. The van der Waals surface area contributed by atoms with Crippen LogP contribution in [0.15, 0.2) is 42.5 Å². The molecular weight excluding hydrogens is 374 g/mol. The second-order valence-electron chi connectivity index (χ2n) is 6.83. The van der Waals surface area contributed by atoms with Crippen LogP contribution in [-0.4, -0.2) is 41.2 Å². The number of amides is 3. The first kappa shape index (κ1) is 18.3. The number of hydrogen-bond donors (Lipinski definition) is 0. The number of anilines is 1. The maximum Gasteiger partial charge on any atom is 0.261 e. The highest BCUT2D eigenvalue weighted by Gasteiger charge is 2.35. The fourth-order valence-corrected chi connectivity index (χ4v) is 4.22. The van der Waals surface area contributed by atoms with E-state index in [0.717, 1.165) is 15.8 Å². The summed E-state index contributed by atoms with van der Waals surface area (Å²) in [6.45, 7) is 2.11. The number of hydrogen-bond acceptors (Lipinski definition) is 5. The lowest BCUT2D eigenvalue weighted by molar-refractivity contribution is -0.118. The van der Waals surface area contributed by atoms with E-state index < -0.39 is 0 Å². The molecule has 0 saturated heterocycles. The molecule has 3 aromatic rings. The molecule has 3 amide bonds. The number of para-hydroxylation sites is 1. The van der Waals surface area contributed by atoms with E-state index in [9.17, 15) is 14.4 Å². The molecular formula is C21H19N3O3S. The first-order chi connectivity index (χ1) is 13.5. The Balaban J connectivity index is 1.38. The van der Waals surface area contributed by atoms with Crippen LogP contribution in [-0.2, 0) is 4.79 Å². The maximum absolute atomic E-state index is 12.5. The Morgan fingerprint density at radius 1 is 1.11 bits per heavy atom. The van der Waals surface area contributed by atoms with Crippen molar-refractivity contribution >= 4 is 44.4 Å². The molecule has 0 spiro atoms. The molecule has 28 heavy (non-hydrogen) atoms. The van der Waals surface area contributed by atoms with Crippen LogP contribution in [0.1, 0.15) is 39.1 Å². The van der Waals surface area contributed by atoms with Gasteiger partial charge in [-0.1, -0.05) is 35.1 Å². The number of nitrogens with zero attached hydrogens (tertiary/aromatic N) is 3. The quantitative estimate of drug-likeness (QED) is 0.621. The minimum Gasteiger partial charge on any atom is -0.291 e. The van der Waals surface area contributed by atoms with Gasteiger partial charge in [-0.25, -0.2) is 4.98 Å². The van der Waals surface area contributed by atoms with Gasteiger partial charge in [-0.15, -0.1) is 0 Å².